The van der Waals surface area contributed by atoms with Crippen LogP contribution in [0.25, 0.3) is 16.7 Å². The molecule has 0 spiro atoms. The van der Waals surface area contributed by atoms with Crippen LogP contribution in [0.3, 0.4) is 0 Å². The highest BCUT2D eigenvalue weighted by Crippen LogP contribution is 2.38. The second-order valence-electron chi connectivity index (χ2n) is 7.29. The van der Waals surface area contributed by atoms with Crippen molar-refractivity contribution in [3.8, 4) is 11.4 Å². The van der Waals surface area contributed by atoms with E-state index >= 15 is 0 Å². The molecule has 5 heteroatoms. The van der Waals surface area contributed by atoms with Crippen molar-refractivity contribution in [2.24, 2.45) is 5.92 Å². The summed E-state index contributed by atoms with van der Waals surface area (Å²) in [7, 11) is 0. The third kappa shape index (κ3) is 3.18. The normalized spacial score (nSPS) is 12.2. The van der Waals surface area contributed by atoms with Gasteiger partial charge < -0.3 is 5.11 Å². The van der Waals surface area contributed by atoms with Crippen LogP contribution in [0.5, 0.6) is 5.75 Å². The fourth-order valence-corrected chi connectivity index (χ4v) is 3.68. The van der Waals surface area contributed by atoms with E-state index in [2.05, 4.69) is 53.8 Å². The molecule has 1 aromatic heterocycles. The van der Waals surface area contributed by atoms with Gasteiger partial charge in [0.25, 0.3) is 0 Å². The number of hydrogen-bond donors (Lipinski definition) is 1. The molecular formula is C19H22BrN3O. The number of fused-ring (bicyclic) bond motifs is 1. The molecule has 0 saturated carbocycles. The minimum Gasteiger partial charge on any atom is -0.505 e. The average molecular weight is 388 g/mol. The van der Waals surface area contributed by atoms with Gasteiger partial charge in [0.05, 0.1) is 4.47 Å². The van der Waals surface area contributed by atoms with Crippen LogP contribution in [-0.2, 0) is 5.41 Å². The average Bonchev–Trinajstić information content (AvgIpc) is 2.92. The van der Waals surface area contributed by atoms with Gasteiger partial charge in [-0.15, -0.1) is 15.0 Å². The lowest BCUT2D eigenvalue weighted by Crippen LogP contribution is -2.20. The largest absolute Gasteiger partial charge is 0.505 e. The molecule has 0 unspecified atom stereocenters. The Hall–Kier alpha value is -1.88. The number of nitrogens with zero attached hydrogens (tertiary/aromatic N) is 3. The van der Waals surface area contributed by atoms with Crippen LogP contribution in [0.4, 0.5) is 0 Å². The highest BCUT2D eigenvalue weighted by Gasteiger charge is 2.25. The van der Waals surface area contributed by atoms with Gasteiger partial charge in [0.2, 0.25) is 0 Å². The first-order valence-corrected chi connectivity index (χ1v) is 8.92. The maximum absolute atomic E-state index is 10.5. The molecule has 0 aliphatic heterocycles. The Labute approximate surface area is 150 Å². The number of aromatic nitrogens is 3. The van der Waals surface area contributed by atoms with Crippen molar-refractivity contribution < 1.29 is 5.11 Å². The lowest BCUT2D eigenvalue weighted by Gasteiger charge is -2.28. The molecule has 0 amide bonds. The summed E-state index contributed by atoms with van der Waals surface area (Å²) in [5, 5.41) is 19.5. The van der Waals surface area contributed by atoms with Gasteiger partial charge in [0, 0.05) is 0 Å². The van der Waals surface area contributed by atoms with Crippen LogP contribution in [0, 0.1) is 5.92 Å². The van der Waals surface area contributed by atoms with Crippen LogP contribution in [0.15, 0.2) is 40.9 Å². The molecule has 0 aliphatic rings. The molecule has 24 heavy (non-hydrogen) atoms. The molecule has 1 heterocycles. The maximum Gasteiger partial charge on any atom is 0.157 e. The first-order chi connectivity index (χ1) is 11.3. The van der Waals surface area contributed by atoms with Gasteiger partial charge in [-0.2, -0.15) is 0 Å². The first-order valence-electron chi connectivity index (χ1n) is 8.13. The molecular weight excluding hydrogens is 366 g/mol. The molecule has 0 atom stereocenters. The fourth-order valence-electron chi connectivity index (χ4n) is 3.23. The van der Waals surface area contributed by atoms with Crippen LogP contribution < -0.4 is 0 Å². The second-order valence-corrected chi connectivity index (χ2v) is 8.14. The third-order valence-electron chi connectivity index (χ3n) is 4.25. The molecule has 0 bridgehead atoms. The van der Waals surface area contributed by atoms with Crippen molar-refractivity contribution >= 4 is 27.0 Å². The summed E-state index contributed by atoms with van der Waals surface area (Å²) in [6.07, 6.45) is 1.05. The summed E-state index contributed by atoms with van der Waals surface area (Å²) in [5.74, 6) is 0.737. The van der Waals surface area contributed by atoms with Crippen LogP contribution in [0.1, 0.15) is 39.7 Å². The molecule has 3 rings (SSSR count). The summed E-state index contributed by atoms with van der Waals surface area (Å²) in [5.41, 5.74) is 3.34. The number of phenols is 1. The van der Waals surface area contributed by atoms with Crippen molar-refractivity contribution in [3.63, 3.8) is 0 Å². The van der Waals surface area contributed by atoms with Crippen molar-refractivity contribution in [3.05, 3.63) is 46.4 Å². The lowest BCUT2D eigenvalue weighted by atomic mass is 9.78. The van der Waals surface area contributed by atoms with E-state index in [-0.39, 0.29) is 11.2 Å². The van der Waals surface area contributed by atoms with Crippen LogP contribution in [0.2, 0.25) is 0 Å². The Morgan fingerprint density at radius 2 is 1.71 bits per heavy atom. The summed E-state index contributed by atoms with van der Waals surface area (Å²) in [6.45, 7) is 8.89. The number of hydrogen-bond acceptors (Lipinski definition) is 3. The van der Waals surface area contributed by atoms with E-state index in [9.17, 15) is 5.11 Å². The van der Waals surface area contributed by atoms with E-state index in [0.717, 1.165) is 23.0 Å². The number of phenolic OH excluding ortho intramolecular Hbond substituents is 1. The number of aromatic hydroxyl groups is 1. The Morgan fingerprint density at radius 1 is 1.12 bits per heavy atom. The standard InChI is InChI=1S/C19H22BrN3O/c1-12(2)11-19(3,4)13-9-14(20)18(24)17(10-13)23-21-15-7-5-6-8-16(15)22-23/h5-10,12,24H,11H2,1-4H3. The van der Waals surface area contributed by atoms with E-state index in [4.69, 9.17) is 0 Å². The zero-order valence-electron chi connectivity index (χ0n) is 14.4. The molecule has 0 fully saturated rings. The van der Waals surface area contributed by atoms with E-state index in [1.54, 1.807) is 0 Å². The zero-order valence-corrected chi connectivity index (χ0v) is 16.0. The lowest BCUT2D eigenvalue weighted by molar-refractivity contribution is 0.398. The van der Waals surface area contributed by atoms with Crippen LogP contribution >= 0.6 is 15.9 Å². The Balaban J connectivity index is 2.14. The molecule has 0 radical (unpaired) electrons. The second kappa shape index (κ2) is 6.20. The minimum absolute atomic E-state index is 0.00822. The number of benzene rings is 2. The summed E-state index contributed by atoms with van der Waals surface area (Å²) in [4.78, 5) is 1.51. The third-order valence-corrected chi connectivity index (χ3v) is 4.85. The van der Waals surface area contributed by atoms with E-state index in [1.807, 2.05) is 36.4 Å². The van der Waals surface area contributed by atoms with Gasteiger partial charge in [0.1, 0.15) is 16.7 Å². The van der Waals surface area contributed by atoms with Gasteiger partial charge in [0.15, 0.2) is 5.75 Å². The van der Waals surface area contributed by atoms with Crippen molar-refractivity contribution in [1.82, 2.24) is 15.0 Å². The van der Waals surface area contributed by atoms with Gasteiger partial charge in [-0.25, -0.2) is 0 Å². The van der Waals surface area contributed by atoms with Gasteiger partial charge in [-0.1, -0.05) is 39.8 Å². The summed E-state index contributed by atoms with van der Waals surface area (Å²) >= 11 is 3.48. The minimum atomic E-state index is -0.00822. The monoisotopic (exact) mass is 387 g/mol. The quantitative estimate of drug-likeness (QED) is 0.667. The molecule has 4 nitrogen and oxygen atoms in total. The Morgan fingerprint density at radius 3 is 2.25 bits per heavy atom. The highest BCUT2D eigenvalue weighted by atomic mass is 79.9. The summed E-state index contributed by atoms with van der Waals surface area (Å²) < 4.78 is 0.660. The smallest absolute Gasteiger partial charge is 0.157 e. The van der Waals surface area contributed by atoms with Crippen molar-refractivity contribution in [2.75, 3.05) is 0 Å². The van der Waals surface area contributed by atoms with Gasteiger partial charge >= 0.3 is 0 Å². The van der Waals surface area contributed by atoms with Crippen LogP contribution in [-0.4, -0.2) is 20.1 Å². The first kappa shape index (κ1) is 17.0. The molecule has 1 N–H and O–H groups in total. The maximum atomic E-state index is 10.5. The SMILES string of the molecule is CC(C)CC(C)(C)c1cc(Br)c(O)c(-n2nc3ccccc3n2)c1. The molecule has 0 aliphatic carbocycles. The van der Waals surface area contributed by atoms with Gasteiger partial charge in [-0.3, -0.25) is 0 Å². The topological polar surface area (TPSA) is 50.9 Å². The van der Waals surface area contributed by atoms with E-state index < -0.39 is 0 Å². The number of halogens is 1. The Kier molecular flexibility index (Phi) is 4.38. The zero-order chi connectivity index (χ0) is 17.5. The van der Waals surface area contributed by atoms with Gasteiger partial charge in [-0.05, 0) is 63.5 Å². The Bertz CT molecular complexity index is 850. The molecule has 0 saturated heterocycles. The van der Waals surface area contributed by atoms with Crippen molar-refractivity contribution in [1.29, 1.82) is 0 Å². The van der Waals surface area contributed by atoms with E-state index in [1.165, 1.54) is 4.80 Å². The molecule has 3 aromatic rings. The fraction of sp³-hybridized carbons (Fsp3) is 0.368. The van der Waals surface area contributed by atoms with Crippen molar-refractivity contribution in [2.45, 2.75) is 39.5 Å². The molecule has 2 aromatic carbocycles. The summed E-state index contributed by atoms with van der Waals surface area (Å²) in [6, 6.07) is 11.7. The molecule has 126 valence electrons. The highest BCUT2D eigenvalue weighted by molar-refractivity contribution is 9.10. The van der Waals surface area contributed by atoms with E-state index in [0.29, 0.717) is 16.1 Å². The predicted molar refractivity (Wildman–Crippen MR) is 101 cm³/mol. The predicted octanol–water partition coefficient (Wildman–Crippen LogP) is 5.21. The number of rotatable bonds is 4.